The summed E-state index contributed by atoms with van der Waals surface area (Å²) in [5.41, 5.74) is 0. The van der Waals surface area contributed by atoms with Crippen LogP contribution in [0.15, 0.2) is 0 Å². The van der Waals surface area contributed by atoms with E-state index < -0.39 is 30.6 Å². The van der Waals surface area contributed by atoms with Crippen molar-refractivity contribution in [3.05, 3.63) is 0 Å². The molecule has 1 unspecified atom stereocenters. The van der Waals surface area contributed by atoms with Crippen molar-refractivity contribution in [3.63, 3.8) is 0 Å². The summed E-state index contributed by atoms with van der Waals surface area (Å²) in [5, 5.41) is 27.4. The van der Waals surface area contributed by atoms with Crippen molar-refractivity contribution in [2.75, 3.05) is 13.7 Å². The topological polar surface area (TPSA) is 96.2 Å². The van der Waals surface area contributed by atoms with Crippen LogP contribution in [0.2, 0.25) is 0 Å². The highest BCUT2D eigenvalue weighted by atomic mass is 16.7. The van der Waals surface area contributed by atoms with E-state index in [1.165, 1.54) is 0 Å². The lowest BCUT2D eigenvalue weighted by Crippen LogP contribution is -2.39. The smallest absolute Gasteiger partial charge is 0.366 e. The Morgan fingerprint density at radius 1 is 1.77 bits per heavy atom. The van der Waals surface area contributed by atoms with Crippen molar-refractivity contribution < 1.29 is 29.6 Å². The summed E-state index contributed by atoms with van der Waals surface area (Å²) in [6.07, 6.45) is -2.29. The molecule has 6 heteroatoms. The van der Waals surface area contributed by atoms with Crippen LogP contribution in [0.5, 0.6) is 0 Å². The molecule has 0 aliphatic carbocycles. The number of carbonyl (C=O) groups is 1. The normalized spacial score (nSPS) is 39.1. The maximum absolute atomic E-state index is 11.0. The van der Waals surface area contributed by atoms with Crippen LogP contribution in [0, 0.1) is 0 Å². The molecule has 1 aliphatic heterocycles. The third-order valence-electron chi connectivity index (χ3n) is 1.95. The Bertz CT molecular complexity index is 205. The van der Waals surface area contributed by atoms with Gasteiger partial charge in [0.25, 0.3) is 5.79 Å². The van der Waals surface area contributed by atoms with Gasteiger partial charge in [0.05, 0.1) is 19.8 Å². The molecule has 1 fully saturated rings. The highest BCUT2D eigenvalue weighted by Gasteiger charge is 2.50. The number of rotatable bonds is 2. The third kappa shape index (κ3) is 1.80. The first kappa shape index (κ1) is 10.4. The average Bonchev–Trinajstić information content (AvgIpc) is 2.41. The van der Waals surface area contributed by atoms with E-state index in [0.717, 1.165) is 7.11 Å². The van der Waals surface area contributed by atoms with Gasteiger partial charge >= 0.3 is 5.97 Å². The maximum Gasteiger partial charge on any atom is 0.366 e. The molecule has 0 bridgehead atoms. The molecule has 3 N–H and O–H groups in total. The van der Waals surface area contributed by atoms with Gasteiger partial charge in [-0.2, -0.15) is 0 Å². The summed E-state index contributed by atoms with van der Waals surface area (Å²) in [6.45, 7) is -0.458. The quantitative estimate of drug-likeness (QED) is 0.437. The molecule has 1 saturated heterocycles. The van der Waals surface area contributed by atoms with Gasteiger partial charge < -0.3 is 24.8 Å². The van der Waals surface area contributed by atoms with E-state index in [-0.39, 0.29) is 6.42 Å². The fourth-order valence-electron chi connectivity index (χ4n) is 1.24. The lowest BCUT2D eigenvalue weighted by Gasteiger charge is -2.18. The Hall–Kier alpha value is -0.690. The Labute approximate surface area is 74.7 Å². The zero-order valence-corrected chi connectivity index (χ0v) is 7.14. The first-order valence-corrected chi connectivity index (χ1v) is 3.81. The van der Waals surface area contributed by atoms with Gasteiger partial charge in [0.1, 0.15) is 6.10 Å². The van der Waals surface area contributed by atoms with Crippen molar-refractivity contribution in [2.24, 2.45) is 0 Å². The van der Waals surface area contributed by atoms with E-state index in [4.69, 9.17) is 9.84 Å². The predicted octanol–water partition coefficient (Wildman–Crippen LogP) is -2.01. The Balaban J connectivity index is 2.69. The number of methoxy groups -OCH3 is 1. The van der Waals surface area contributed by atoms with Crippen LogP contribution in [0.1, 0.15) is 6.42 Å². The number of ether oxygens (including phenoxy) is 2. The molecule has 0 saturated carbocycles. The fraction of sp³-hybridized carbons (Fsp3) is 0.857. The number of esters is 1. The summed E-state index contributed by atoms with van der Waals surface area (Å²) >= 11 is 0. The molecule has 0 aromatic heterocycles. The van der Waals surface area contributed by atoms with Crippen molar-refractivity contribution in [3.8, 4) is 0 Å². The molecule has 6 nitrogen and oxygen atoms in total. The highest BCUT2D eigenvalue weighted by Crippen LogP contribution is 2.29. The number of hydrogen-bond donors (Lipinski definition) is 3. The SMILES string of the molecule is COC(=O)C1(O)C[C@H](O)[C@H](CO)O1. The Kier molecular flexibility index (Phi) is 2.87. The first-order valence-electron chi connectivity index (χ1n) is 3.81. The third-order valence-corrected chi connectivity index (χ3v) is 1.95. The van der Waals surface area contributed by atoms with Crippen molar-refractivity contribution in [2.45, 2.75) is 24.4 Å². The summed E-state index contributed by atoms with van der Waals surface area (Å²) < 4.78 is 9.02. The summed E-state index contributed by atoms with van der Waals surface area (Å²) in [7, 11) is 1.10. The minimum atomic E-state index is -2.12. The van der Waals surface area contributed by atoms with E-state index in [1.54, 1.807) is 0 Å². The van der Waals surface area contributed by atoms with Crippen molar-refractivity contribution >= 4 is 5.97 Å². The number of hydrogen-bond acceptors (Lipinski definition) is 6. The van der Waals surface area contributed by atoms with Gasteiger partial charge in [0.2, 0.25) is 0 Å². The van der Waals surface area contributed by atoms with Gasteiger partial charge in [-0.15, -0.1) is 0 Å². The minimum absolute atomic E-state index is 0.287. The van der Waals surface area contributed by atoms with Crippen LogP contribution in [-0.4, -0.2) is 53.0 Å². The zero-order chi connectivity index (χ0) is 10.1. The van der Waals surface area contributed by atoms with E-state index in [9.17, 15) is 15.0 Å². The van der Waals surface area contributed by atoms with Crippen molar-refractivity contribution in [1.82, 2.24) is 0 Å². The van der Waals surface area contributed by atoms with Crippen molar-refractivity contribution in [1.29, 1.82) is 0 Å². The molecule has 0 amide bonds. The average molecular weight is 192 g/mol. The number of carbonyl (C=O) groups excluding carboxylic acids is 1. The molecule has 0 spiro atoms. The second-order valence-electron chi connectivity index (χ2n) is 2.89. The monoisotopic (exact) mass is 192 g/mol. The fourth-order valence-corrected chi connectivity index (χ4v) is 1.24. The maximum atomic E-state index is 11.0. The summed E-state index contributed by atoms with van der Waals surface area (Å²) in [4.78, 5) is 11.0. The molecule has 13 heavy (non-hydrogen) atoms. The molecule has 1 aliphatic rings. The van der Waals surface area contributed by atoms with E-state index >= 15 is 0 Å². The van der Waals surface area contributed by atoms with Crippen LogP contribution in [-0.2, 0) is 14.3 Å². The van der Waals surface area contributed by atoms with Gasteiger partial charge in [-0.3, -0.25) is 0 Å². The minimum Gasteiger partial charge on any atom is -0.465 e. The van der Waals surface area contributed by atoms with E-state index in [2.05, 4.69) is 4.74 Å². The van der Waals surface area contributed by atoms with Gasteiger partial charge in [-0.25, -0.2) is 4.79 Å². The Morgan fingerprint density at radius 2 is 2.38 bits per heavy atom. The first-order chi connectivity index (χ1) is 6.03. The lowest BCUT2D eigenvalue weighted by molar-refractivity contribution is -0.222. The van der Waals surface area contributed by atoms with Crippen LogP contribution < -0.4 is 0 Å². The molecule has 76 valence electrons. The second-order valence-corrected chi connectivity index (χ2v) is 2.89. The number of aliphatic hydroxyl groups is 3. The molecule has 1 rings (SSSR count). The standard InChI is InChI=1S/C7H12O6/c1-12-6(10)7(11)2-4(9)5(3-8)13-7/h4-5,8-9,11H,2-3H2,1H3/t4-,5-,7?/m0/s1. The molecule has 1 heterocycles. The van der Waals surface area contributed by atoms with Crippen LogP contribution in [0.25, 0.3) is 0 Å². The summed E-state index contributed by atoms with van der Waals surface area (Å²) in [5.74, 6) is -3.09. The second kappa shape index (κ2) is 3.59. The van der Waals surface area contributed by atoms with Crippen LogP contribution >= 0.6 is 0 Å². The predicted molar refractivity (Wildman–Crippen MR) is 39.5 cm³/mol. The molecular formula is C7H12O6. The molecule has 0 aromatic carbocycles. The van der Waals surface area contributed by atoms with Gasteiger partial charge in [0.15, 0.2) is 0 Å². The molecule has 0 radical (unpaired) electrons. The highest BCUT2D eigenvalue weighted by molar-refractivity contribution is 5.77. The van der Waals surface area contributed by atoms with E-state index in [0.29, 0.717) is 0 Å². The molecule has 0 aromatic rings. The largest absolute Gasteiger partial charge is 0.465 e. The summed E-state index contributed by atoms with van der Waals surface area (Å²) in [6, 6.07) is 0. The van der Waals surface area contributed by atoms with Crippen LogP contribution in [0.3, 0.4) is 0 Å². The number of aliphatic hydroxyl groups excluding tert-OH is 2. The van der Waals surface area contributed by atoms with E-state index in [1.807, 2.05) is 0 Å². The van der Waals surface area contributed by atoms with Gasteiger partial charge in [0, 0.05) is 6.42 Å². The van der Waals surface area contributed by atoms with Gasteiger partial charge in [-0.1, -0.05) is 0 Å². The van der Waals surface area contributed by atoms with Crippen LogP contribution in [0.4, 0.5) is 0 Å². The molecular weight excluding hydrogens is 180 g/mol. The molecule has 3 atom stereocenters. The Morgan fingerprint density at radius 3 is 2.77 bits per heavy atom. The lowest BCUT2D eigenvalue weighted by atomic mass is 10.1. The zero-order valence-electron chi connectivity index (χ0n) is 7.14. The van der Waals surface area contributed by atoms with Gasteiger partial charge in [-0.05, 0) is 0 Å².